The zero-order valence-electron chi connectivity index (χ0n) is 11.2. The summed E-state index contributed by atoms with van der Waals surface area (Å²) in [4.78, 5) is 10.9. The van der Waals surface area contributed by atoms with Crippen LogP contribution in [0.1, 0.15) is 36.6 Å². The molecule has 1 saturated carbocycles. The fourth-order valence-electron chi connectivity index (χ4n) is 2.49. The van der Waals surface area contributed by atoms with Crippen LogP contribution in [0.15, 0.2) is 30.3 Å². The Bertz CT molecular complexity index is 611. The molecule has 1 fully saturated rings. The first-order valence-corrected chi connectivity index (χ1v) is 6.70. The van der Waals surface area contributed by atoms with E-state index in [4.69, 9.17) is 5.11 Å². The number of carboxylic acids is 1. The zero-order valence-corrected chi connectivity index (χ0v) is 11.2. The molecule has 0 radical (unpaired) electrons. The van der Waals surface area contributed by atoms with Gasteiger partial charge in [0.15, 0.2) is 5.82 Å². The Morgan fingerprint density at radius 2 is 2.15 bits per heavy atom. The van der Waals surface area contributed by atoms with Gasteiger partial charge in [0.1, 0.15) is 0 Å². The standard InChI is InChI=1S/C14H16N4O2/c1-9(14(19)20)8-18-13(15-16-17-18)12-7-11(12)10-5-3-2-4-6-10/h2-6,9,11-12H,7-8H2,1H3,(H,19,20). The van der Waals surface area contributed by atoms with Crippen molar-refractivity contribution in [3.05, 3.63) is 41.7 Å². The molecule has 2 aromatic rings. The number of benzene rings is 1. The molecule has 0 amide bonds. The molecule has 1 aromatic carbocycles. The summed E-state index contributed by atoms with van der Waals surface area (Å²) >= 11 is 0. The average Bonchev–Trinajstić information content (AvgIpc) is 3.12. The summed E-state index contributed by atoms with van der Waals surface area (Å²) in [6.07, 6.45) is 1.02. The number of aliphatic carboxylic acids is 1. The van der Waals surface area contributed by atoms with Crippen molar-refractivity contribution in [2.45, 2.75) is 31.7 Å². The molecule has 0 saturated heterocycles. The highest BCUT2D eigenvalue weighted by molar-refractivity contribution is 5.69. The van der Waals surface area contributed by atoms with Gasteiger partial charge in [0.2, 0.25) is 0 Å². The zero-order chi connectivity index (χ0) is 14.1. The molecule has 6 nitrogen and oxygen atoms in total. The third-order valence-electron chi connectivity index (χ3n) is 3.78. The van der Waals surface area contributed by atoms with Crippen LogP contribution in [0.5, 0.6) is 0 Å². The van der Waals surface area contributed by atoms with Gasteiger partial charge in [-0.2, -0.15) is 0 Å². The van der Waals surface area contributed by atoms with E-state index >= 15 is 0 Å². The second-order valence-corrected chi connectivity index (χ2v) is 5.32. The molecule has 0 spiro atoms. The van der Waals surface area contributed by atoms with E-state index in [9.17, 15) is 4.79 Å². The normalized spacial score (nSPS) is 22.4. The summed E-state index contributed by atoms with van der Waals surface area (Å²) < 4.78 is 1.63. The third-order valence-corrected chi connectivity index (χ3v) is 3.78. The Morgan fingerprint density at radius 3 is 2.85 bits per heavy atom. The van der Waals surface area contributed by atoms with Gasteiger partial charge in [-0.05, 0) is 28.3 Å². The van der Waals surface area contributed by atoms with E-state index in [1.165, 1.54) is 5.56 Å². The molecule has 3 unspecified atom stereocenters. The summed E-state index contributed by atoms with van der Waals surface area (Å²) in [5.74, 6) is 0.217. The summed E-state index contributed by atoms with van der Waals surface area (Å²) in [7, 11) is 0. The minimum atomic E-state index is -0.832. The highest BCUT2D eigenvalue weighted by Gasteiger charge is 2.43. The lowest BCUT2D eigenvalue weighted by molar-refractivity contribution is -0.141. The van der Waals surface area contributed by atoms with Crippen LogP contribution in [-0.2, 0) is 11.3 Å². The summed E-state index contributed by atoms with van der Waals surface area (Å²) in [5, 5.41) is 20.7. The summed E-state index contributed by atoms with van der Waals surface area (Å²) in [6.45, 7) is 1.98. The molecule has 0 bridgehead atoms. The molecule has 1 aromatic heterocycles. The maximum atomic E-state index is 10.9. The molecule has 6 heteroatoms. The van der Waals surface area contributed by atoms with E-state index in [2.05, 4.69) is 27.7 Å². The van der Waals surface area contributed by atoms with Crippen LogP contribution in [-0.4, -0.2) is 31.3 Å². The number of hydrogen-bond acceptors (Lipinski definition) is 4. The topological polar surface area (TPSA) is 80.9 Å². The number of tetrazole rings is 1. The molecule has 1 N–H and O–H groups in total. The lowest BCUT2D eigenvalue weighted by atomic mass is 10.1. The average molecular weight is 272 g/mol. The molecule has 0 aliphatic heterocycles. The molecule has 3 rings (SSSR count). The van der Waals surface area contributed by atoms with Crippen molar-refractivity contribution in [1.82, 2.24) is 20.2 Å². The van der Waals surface area contributed by atoms with Crippen molar-refractivity contribution < 1.29 is 9.90 Å². The van der Waals surface area contributed by atoms with Crippen molar-refractivity contribution >= 4 is 5.97 Å². The quantitative estimate of drug-likeness (QED) is 0.895. The van der Waals surface area contributed by atoms with E-state index < -0.39 is 11.9 Å². The second kappa shape index (κ2) is 5.03. The largest absolute Gasteiger partial charge is 0.481 e. The van der Waals surface area contributed by atoms with Crippen LogP contribution in [0.4, 0.5) is 0 Å². The van der Waals surface area contributed by atoms with Gasteiger partial charge < -0.3 is 5.11 Å². The van der Waals surface area contributed by atoms with Gasteiger partial charge in [0, 0.05) is 5.92 Å². The fraction of sp³-hybridized carbons (Fsp3) is 0.429. The molecular formula is C14H16N4O2. The summed E-state index contributed by atoms with van der Waals surface area (Å²) in [5.41, 5.74) is 1.29. The monoisotopic (exact) mass is 272 g/mol. The van der Waals surface area contributed by atoms with Crippen molar-refractivity contribution in [1.29, 1.82) is 0 Å². The minimum absolute atomic E-state index is 0.299. The Balaban J connectivity index is 1.74. The fourth-order valence-corrected chi connectivity index (χ4v) is 2.49. The molecule has 3 atom stereocenters. The Kier molecular flexibility index (Phi) is 3.22. The third kappa shape index (κ3) is 2.41. The van der Waals surface area contributed by atoms with Gasteiger partial charge in [-0.15, -0.1) is 5.10 Å². The van der Waals surface area contributed by atoms with Crippen molar-refractivity contribution in [3.8, 4) is 0 Å². The Morgan fingerprint density at radius 1 is 1.40 bits per heavy atom. The number of nitrogens with zero attached hydrogens (tertiary/aromatic N) is 4. The van der Waals surface area contributed by atoms with Gasteiger partial charge in [0.05, 0.1) is 12.5 Å². The van der Waals surface area contributed by atoms with Crippen LogP contribution in [0.2, 0.25) is 0 Å². The van der Waals surface area contributed by atoms with Gasteiger partial charge in [-0.1, -0.05) is 37.3 Å². The molecule has 1 heterocycles. The SMILES string of the molecule is CC(Cn1nnnc1C1CC1c1ccccc1)C(=O)O. The molecule has 1 aliphatic carbocycles. The maximum absolute atomic E-state index is 10.9. The van der Waals surface area contributed by atoms with Crippen LogP contribution in [0, 0.1) is 5.92 Å². The number of aromatic nitrogens is 4. The molecule has 1 aliphatic rings. The van der Waals surface area contributed by atoms with Gasteiger partial charge in [0.25, 0.3) is 0 Å². The van der Waals surface area contributed by atoms with Crippen molar-refractivity contribution in [3.63, 3.8) is 0 Å². The van der Waals surface area contributed by atoms with Crippen LogP contribution in [0.25, 0.3) is 0 Å². The van der Waals surface area contributed by atoms with Crippen LogP contribution in [0.3, 0.4) is 0 Å². The lowest BCUT2D eigenvalue weighted by Crippen LogP contribution is -2.19. The molecule has 20 heavy (non-hydrogen) atoms. The minimum Gasteiger partial charge on any atom is -0.481 e. The predicted molar refractivity (Wildman–Crippen MR) is 71.2 cm³/mol. The Labute approximate surface area is 116 Å². The molecule has 104 valence electrons. The first-order chi connectivity index (χ1) is 9.66. The molecular weight excluding hydrogens is 256 g/mol. The predicted octanol–water partition coefficient (Wildman–Crippen LogP) is 1.66. The number of rotatable bonds is 5. The van der Waals surface area contributed by atoms with Gasteiger partial charge in [-0.25, -0.2) is 4.68 Å². The lowest BCUT2D eigenvalue weighted by Gasteiger charge is -2.07. The van der Waals surface area contributed by atoms with E-state index in [0.29, 0.717) is 18.4 Å². The van der Waals surface area contributed by atoms with Crippen LogP contribution >= 0.6 is 0 Å². The van der Waals surface area contributed by atoms with Crippen molar-refractivity contribution in [2.24, 2.45) is 5.92 Å². The van der Waals surface area contributed by atoms with E-state index in [1.807, 2.05) is 18.2 Å². The van der Waals surface area contributed by atoms with Gasteiger partial charge >= 0.3 is 5.97 Å². The number of carbonyl (C=O) groups is 1. The van der Waals surface area contributed by atoms with E-state index in [0.717, 1.165) is 12.2 Å². The summed E-state index contributed by atoms with van der Waals surface area (Å²) in [6, 6.07) is 10.3. The highest BCUT2D eigenvalue weighted by atomic mass is 16.4. The number of carboxylic acid groups (broad SMARTS) is 1. The highest BCUT2D eigenvalue weighted by Crippen LogP contribution is 2.53. The first-order valence-electron chi connectivity index (χ1n) is 6.70. The number of hydrogen-bond donors (Lipinski definition) is 1. The smallest absolute Gasteiger partial charge is 0.308 e. The maximum Gasteiger partial charge on any atom is 0.308 e. The van der Waals surface area contributed by atoms with Crippen LogP contribution < -0.4 is 0 Å². The Hall–Kier alpha value is -2.24. The van der Waals surface area contributed by atoms with Crippen molar-refractivity contribution in [2.75, 3.05) is 0 Å². The first kappa shape index (κ1) is 12.8. The van der Waals surface area contributed by atoms with Gasteiger partial charge in [-0.3, -0.25) is 4.79 Å². The second-order valence-electron chi connectivity index (χ2n) is 5.32. The van der Waals surface area contributed by atoms with E-state index in [1.54, 1.807) is 11.6 Å². The van der Waals surface area contributed by atoms with E-state index in [-0.39, 0.29) is 0 Å².